The largest absolute Gasteiger partial charge is 0.287 e. The van der Waals surface area contributed by atoms with E-state index in [2.05, 4.69) is 20.8 Å². The molecule has 0 aliphatic rings. The molecule has 0 unspecified atom stereocenters. The Kier molecular flexibility index (Phi) is 4.06. The van der Waals surface area contributed by atoms with E-state index in [0.717, 1.165) is 0 Å². The highest BCUT2D eigenvalue weighted by Crippen LogP contribution is 2.15. The van der Waals surface area contributed by atoms with Crippen molar-refractivity contribution in [3.8, 4) is 0 Å². The maximum Gasteiger partial charge on any atom is 0.262 e. The van der Waals surface area contributed by atoms with E-state index in [1.54, 1.807) is 19.1 Å². The van der Waals surface area contributed by atoms with E-state index in [-0.39, 0.29) is 11.5 Å². The Labute approximate surface area is 91.4 Å². The van der Waals surface area contributed by atoms with Crippen molar-refractivity contribution < 1.29 is 13.3 Å². The number of hydrogen-bond donors (Lipinski definition) is 1. The average molecular weight is 280 g/mol. The molecule has 0 aliphatic carbocycles. The molecule has 0 fully saturated rings. The van der Waals surface area contributed by atoms with Gasteiger partial charge in [0.15, 0.2) is 0 Å². The minimum Gasteiger partial charge on any atom is -0.287 e. The summed E-state index contributed by atoms with van der Waals surface area (Å²) in [4.78, 5) is 6.81. The number of sulfonamides is 1. The van der Waals surface area contributed by atoms with Crippen LogP contribution in [0.1, 0.15) is 6.92 Å². The molecule has 1 N–H and O–H groups in total. The van der Waals surface area contributed by atoms with E-state index in [1.165, 1.54) is 12.1 Å². The first kappa shape index (κ1) is 11.6. The van der Waals surface area contributed by atoms with Crippen LogP contribution in [-0.4, -0.2) is 15.0 Å². The zero-order valence-electron chi connectivity index (χ0n) is 7.53. The van der Waals surface area contributed by atoms with E-state index < -0.39 is 10.0 Å². The van der Waals surface area contributed by atoms with Crippen LogP contribution in [0.3, 0.4) is 0 Å². The summed E-state index contributed by atoms with van der Waals surface area (Å²) < 4.78 is 23.7. The molecule has 1 rings (SSSR count). The van der Waals surface area contributed by atoms with Gasteiger partial charge in [0.2, 0.25) is 0 Å². The van der Waals surface area contributed by atoms with Crippen LogP contribution in [0.5, 0.6) is 0 Å². The van der Waals surface area contributed by atoms with Crippen LogP contribution >= 0.6 is 15.9 Å². The maximum absolute atomic E-state index is 11.5. The van der Waals surface area contributed by atoms with Crippen LogP contribution in [-0.2, 0) is 14.9 Å². The fraction of sp³-hybridized carbons (Fsp3) is 0.250. The minimum absolute atomic E-state index is 0.167. The Hall–Kier alpha value is -0.430. The van der Waals surface area contributed by atoms with E-state index in [1.807, 2.05) is 4.89 Å². The molecule has 14 heavy (non-hydrogen) atoms. The summed E-state index contributed by atoms with van der Waals surface area (Å²) in [5, 5.41) is 0. The standard InChI is InChI=1S/C8H10BrNO3S/c1-2-13-10-14(11,12)8-5-3-4-7(9)6-8/h3-6,10H,2H2,1H3. The summed E-state index contributed by atoms with van der Waals surface area (Å²) in [5.41, 5.74) is 0. The topological polar surface area (TPSA) is 55.4 Å². The second-order valence-corrected chi connectivity index (χ2v) is 5.04. The van der Waals surface area contributed by atoms with Crippen molar-refractivity contribution in [3.63, 3.8) is 0 Å². The molecule has 0 saturated heterocycles. The lowest BCUT2D eigenvalue weighted by atomic mass is 10.4. The van der Waals surface area contributed by atoms with E-state index in [0.29, 0.717) is 4.47 Å². The maximum atomic E-state index is 11.5. The number of halogens is 1. The number of nitrogens with one attached hydrogen (secondary N) is 1. The van der Waals surface area contributed by atoms with Gasteiger partial charge in [-0.15, -0.1) is 0 Å². The van der Waals surface area contributed by atoms with Gasteiger partial charge in [-0.3, -0.25) is 4.84 Å². The third-order valence-electron chi connectivity index (χ3n) is 1.42. The van der Waals surface area contributed by atoms with Crippen LogP contribution in [0.25, 0.3) is 0 Å². The highest BCUT2D eigenvalue weighted by Gasteiger charge is 2.13. The molecule has 0 heterocycles. The van der Waals surface area contributed by atoms with Gasteiger partial charge >= 0.3 is 0 Å². The third kappa shape index (κ3) is 3.06. The Morgan fingerprint density at radius 3 is 2.79 bits per heavy atom. The van der Waals surface area contributed by atoms with Gasteiger partial charge in [0.05, 0.1) is 11.5 Å². The molecule has 0 bridgehead atoms. The fourth-order valence-corrected chi connectivity index (χ4v) is 2.28. The summed E-state index contributed by atoms with van der Waals surface area (Å²) in [6, 6.07) is 6.39. The van der Waals surface area contributed by atoms with Gasteiger partial charge in [0.25, 0.3) is 10.0 Å². The summed E-state index contributed by atoms with van der Waals surface area (Å²) >= 11 is 3.19. The van der Waals surface area contributed by atoms with Gasteiger partial charge in [-0.05, 0) is 25.1 Å². The minimum atomic E-state index is -3.55. The van der Waals surface area contributed by atoms with Crippen molar-refractivity contribution in [2.75, 3.05) is 6.61 Å². The van der Waals surface area contributed by atoms with E-state index in [9.17, 15) is 8.42 Å². The lowest BCUT2D eigenvalue weighted by Crippen LogP contribution is -2.23. The molecule has 0 atom stereocenters. The van der Waals surface area contributed by atoms with Crippen LogP contribution in [0.4, 0.5) is 0 Å². The Bertz CT molecular complexity index is 405. The second-order valence-electron chi connectivity index (χ2n) is 2.48. The molecule has 78 valence electrons. The molecular formula is C8H10BrNO3S. The van der Waals surface area contributed by atoms with Crippen LogP contribution in [0.2, 0.25) is 0 Å². The van der Waals surface area contributed by atoms with Gasteiger partial charge < -0.3 is 0 Å². The van der Waals surface area contributed by atoms with Crippen molar-refractivity contribution in [2.45, 2.75) is 11.8 Å². The van der Waals surface area contributed by atoms with E-state index in [4.69, 9.17) is 0 Å². The lowest BCUT2D eigenvalue weighted by molar-refractivity contribution is 0.105. The SMILES string of the molecule is CCONS(=O)(=O)c1cccc(Br)c1. The first-order valence-corrected chi connectivity index (χ1v) is 6.23. The predicted octanol–water partition coefficient (Wildman–Crippen LogP) is 1.68. The van der Waals surface area contributed by atoms with Crippen molar-refractivity contribution in [3.05, 3.63) is 28.7 Å². The molecule has 0 spiro atoms. The predicted molar refractivity (Wildman–Crippen MR) is 56.1 cm³/mol. The molecule has 0 amide bonds. The fourth-order valence-electron chi connectivity index (χ4n) is 0.819. The monoisotopic (exact) mass is 279 g/mol. The third-order valence-corrected chi connectivity index (χ3v) is 3.12. The summed E-state index contributed by atoms with van der Waals surface area (Å²) in [6.45, 7) is 1.98. The molecule has 1 aromatic rings. The molecule has 0 saturated carbocycles. The van der Waals surface area contributed by atoms with E-state index >= 15 is 0 Å². The van der Waals surface area contributed by atoms with Crippen molar-refractivity contribution in [1.29, 1.82) is 0 Å². The second kappa shape index (κ2) is 4.88. The highest BCUT2D eigenvalue weighted by molar-refractivity contribution is 9.10. The molecule has 6 heteroatoms. The Morgan fingerprint density at radius 2 is 2.21 bits per heavy atom. The number of hydrogen-bond acceptors (Lipinski definition) is 3. The number of rotatable bonds is 4. The highest BCUT2D eigenvalue weighted by atomic mass is 79.9. The Morgan fingerprint density at radius 1 is 1.50 bits per heavy atom. The number of benzene rings is 1. The van der Waals surface area contributed by atoms with Crippen LogP contribution in [0.15, 0.2) is 33.6 Å². The normalized spacial score (nSPS) is 11.6. The quantitative estimate of drug-likeness (QED) is 0.854. The van der Waals surface area contributed by atoms with Gasteiger partial charge in [0.1, 0.15) is 0 Å². The molecular weight excluding hydrogens is 270 g/mol. The van der Waals surface area contributed by atoms with Crippen molar-refractivity contribution >= 4 is 26.0 Å². The van der Waals surface area contributed by atoms with Gasteiger partial charge in [-0.2, -0.15) is 0 Å². The van der Waals surface area contributed by atoms with Gasteiger partial charge in [-0.25, -0.2) is 8.42 Å². The van der Waals surface area contributed by atoms with Crippen LogP contribution < -0.4 is 4.89 Å². The smallest absolute Gasteiger partial charge is 0.262 e. The average Bonchev–Trinajstić information content (AvgIpc) is 2.15. The summed E-state index contributed by atoms with van der Waals surface area (Å²) in [7, 11) is -3.55. The zero-order chi connectivity index (χ0) is 10.6. The van der Waals surface area contributed by atoms with Crippen molar-refractivity contribution in [2.24, 2.45) is 0 Å². The van der Waals surface area contributed by atoms with Gasteiger partial charge in [0, 0.05) is 4.47 Å². The molecule has 4 nitrogen and oxygen atoms in total. The van der Waals surface area contributed by atoms with Crippen molar-refractivity contribution in [1.82, 2.24) is 4.89 Å². The lowest BCUT2D eigenvalue weighted by Gasteiger charge is -2.05. The molecule has 1 aromatic carbocycles. The molecule has 0 aromatic heterocycles. The Balaban J connectivity index is 2.93. The van der Waals surface area contributed by atoms with Crippen LogP contribution in [0, 0.1) is 0 Å². The first-order chi connectivity index (χ1) is 6.56. The van der Waals surface area contributed by atoms with Gasteiger partial charge in [-0.1, -0.05) is 26.9 Å². The summed E-state index contributed by atoms with van der Waals surface area (Å²) in [6.07, 6.45) is 0. The zero-order valence-corrected chi connectivity index (χ0v) is 9.93. The molecule has 0 radical (unpaired) electrons. The summed E-state index contributed by atoms with van der Waals surface area (Å²) in [5.74, 6) is 0. The first-order valence-electron chi connectivity index (χ1n) is 3.95. The molecule has 0 aliphatic heterocycles.